The molecule has 3 rings (SSSR count). The second-order valence-corrected chi connectivity index (χ2v) is 6.06. The van der Waals surface area contributed by atoms with Crippen LogP contribution in [0.1, 0.15) is 18.4 Å². The molecule has 0 saturated heterocycles. The second-order valence-electron chi connectivity index (χ2n) is 6.06. The van der Waals surface area contributed by atoms with E-state index in [0.29, 0.717) is 11.3 Å². The lowest BCUT2D eigenvalue weighted by atomic mass is 9.93. The SMILES string of the molecule is COC1(OC)N=C(N)C2(C#N)C(c3ccc(NC(C)=O)cc3)C12C#N. The summed E-state index contributed by atoms with van der Waals surface area (Å²) in [4.78, 5) is 15.3. The van der Waals surface area contributed by atoms with Crippen LogP contribution >= 0.6 is 0 Å². The van der Waals surface area contributed by atoms with Gasteiger partial charge in [-0.15, -0.1) is 0 Å². The maximum absolute atomic E-state index is 11.1. The molecular formula is C17H17N5O3. The molecule has 1 aliphatic carbocycles. The Balaban J connectivity index is 2.10. The fraction of sp³-hybridized carbons (Fsp3) is 0.412. The summed E-state index contributed by atoms with van der Waals surface area (Å²) >= 11 is 0. The highest BCUT2D eigenvalue weighted by Crippen LogP contribution is 2.81. The third-order valence-corrected chi connectivity index (χ3v) is 5.05. The highest BCUT2D eigenvalue weighted by Gasteiger charge is 2.93. The lowest BCUT2D eigenvalue weighted by Gasteiger charge is -2.29. The molecule has 1 amide bonds. The number of methoxy groups -OCH3 is 2. The van der Waals surface area contributed by atoms with Crippen LogP contribution in [-0.2, 0) is 14.3 Å². The van der Waals surface area contributed by atoms with Gasteiger partial charge in [0.15, 0.2) is 5.41 Å². The summed E-state index contributed by atoms with van der Waals surface area (Å²) < 4.78 is 10.8. The summed E-state index contributed by atoms with van der Waals surface area (Å²) in [6.07, 6.45) is 0. The topological polar surface area (TPSA) is 134 Å². The van der Waals surface area contributed by atoms with Gasteiger partial charge in [-0.05, 0) is 17.7 Å². The van der Waals surface area contributed by atoms with E-state index in [4.69, 9.17) is 15.2 Å². The number of anilines is 1. The summed E-state index contributed by atoms with van der Waals surface area (Å²) in [5.74, 6) is -2.36. The van der Waals surface area contributed by atoms with Crippen LogP contribution in [0.4, 0.5) is 5.69 Å². The number of rotatable bonds is 4. The van der Waals surface area contributed by atoms with Gasteiger partial charge in [0, 0.05) is 32.7 Å². The molecule has 3 N–H and O–H groups in total. The summed E-state index contributed by atoms with van der Waals surface area (Å²) in [6.45, 7) is 1.41. The van der Waals surface area contributed by atoms with E-state index in [9.17, 15) is 15.3 Å². The van der Waals surface area contributed by atoms with E-state index in [1.165, 1.54) is 21.1 Å². The molecule has 8 heteroatoms. The van der Waals surface area contributed by atoms with Crippen molar-refractivity contribution in [2.75, 3.05) is 19.5 Å². The van der Waals surface area contributed by atoms with Crippen molar-refractivity contribution in [3.63, 3.8) is 0 Å². The number of nitrogens with two attached hydrogens (primary N) is 1. The molecule has 1 aromatic rings. The molecule has 1 aromatic carbocycles. The van der Waals surface area contributed by atoms with E-state index in [1.54, 1.807) is 24.3 Å². The Morgan fingerprint density at radius 2 is 1.84 bits per heavy atom. The molecule has 3 atom stereocenters. The number of carbonyl (C=O) groups excluding carboxylic acids is 1. The van der Waals surface area contributed by atoms with Crippen LogP contribution in [-0.4, -0.2) is 31.9 Å². The Labute approximate surface area is 144 Å². The summed E-state index contributed by atoms with van der Waals surface area (Å²) in [7, 11) is 2.73. The number of benzene rings is 1. The van der Waals surface area contributed by atoms with Gasteiger partial charge in [-0.2, -0.15) is 10.5 Å². The number of amides is 1. The normalized spacial score (nSPS) is 31.2. The van der Waals surface area contributed by atoms with Crippen molar-refractivity contribution in [3.8, 4) is 12.1 Å². The first-order valence-corrected chi connectivity index (χ1v) is 7.55. The average molecular weight is 339 g/mol. The minimum absolute atomic E-state index is 0.0242. The predicted octanol–water partition coefficient (Wildman–Crippen LogP) is 1.08. The van der Waals surface area contributed by atoms with Crippen LogP contribution in [0.5, 0.6) is 0 Å². The fourth-order valence-corrected chi connectivity index (χ4v) is 3.98. The predicted molar refractivity (Wildman–Crippen MR) is 88.0 cm³/mol. The number of ether oxygens (including phenoxy) is 2. The quantitative estimate of drug-likeness (QED) is 0.788. The van der Waals surface area contributed by atoms with Crippen LogP contribution in [0.2, 0.25) is 0 Å². The van der Waals surface area contributed by atoms with Crippen LogP contribution in [0, 0.1) is 33.5 Å². The van der Waals surface area contributed by atoms with Crippen LogP contribution in [0.15, 0.2) is 29.3 Å². The number of hydrogen-bond donors (Lipinski definition) is 2. The molecule has 25 heavy (non-hydrogen) atoms. The first kappa shape index (κ1) is 16.9. The van der Waals surface area contributed by atoms with Gasteiger partial charge in [0.1, 0.15) is 11.3 Å². The van der Waals surface area contributed by atoms with Gasteiger partial charge in [-0.25, -0.2) is 4.99 Å². The van der Waals surface area contributed by atoms with Gasteiger partial charge in [0.2, 0.25) is 5.91 Å². The summed E-state index contributed by atoms with van der Waals surface area (Å²) in [5.41, 5.74) is 4.67. The van der Waals surface area contributed by atoms with E-state index >= 15 is 0 Å². The monoisotopic (exact) mass is 339 g/mol. The number of nitrogens with zero attached hydrogens (tertiary/aromatic N) is 3. The zero-order valence-corrected chi connectivity index (χ0v) is 14.0. The summed E-state index contributed by atoms with van der Waals surface area (Å²) in [6, 6.07) is 11.3. The number of fused-ring (bicyclic) bond motifs is 1. The van der Waals surface area contributed by atoms with Gasteiger partial charge < -0.3 is 20.5 Å². The van der Waals surface area contributed by atoms with Gasteiger partial charge in [0.25, 0.3) is 5.91 Å². The highest BCUT2D eigenvalue weighted by molar-refractivity contribution is 6.00. The molecule has 1 aliphatic heterocycles. The van der Waals surface area contributed by atoms with Crippen molar-refractivity contribution in [1.29, 1.82) is 10.5 Å². The molecule has 1 heterocycles. The van der Waals surface area contributed by atoms with Crippen molar-refractivity contribution in [3.05, 3.63) is 29.8 Å². The average Bonchev–Trinajstić information content (AvgIpc) is 3.18. The molecule has 128 valence electrons. The first-order chi connectivity index (χ1) is 11.9. The number of aliphatic imine (C=N–C) groups is 1. The van der Waals surface area contributed by atoms with Gasteiger partial charge in [-0.1, -0.05) is 12.1 Å². The Kier molecular flexibility index (Phi) is 3.57. The molecular weight excluding hydrogens is 322 g/mol. The third-order valence-electron chi connectivity index (χ3n) is 5.05. The Bertz CT molecular complexity index is 847. The van der Waals surface area contributed by atoms with Crippen molar-refractivity contribution >= 4 is 17.4 Å². The molecule has 2 aliphatic rings. The lowest BCUT2D eigenvalue weighted by molar-refractivity contribution is -0.230. The molecule has 1 fully saturated rings. The second kappa shape index (κ2) is 5.28. The smallest absolute Gasteiger partial charge is 0.292 e. The standard InChI is InChI=1S/C17H17N5O3/c1-10(23)21-12-6-4-11(5-7-12)13-15(8-18)14(20)22-17(24-2,25-3)16(13,15)9-19/h4-7,13H,1-3H3,(H2,20,22)(H,21,23). The molecule has 8 nitrogen and oxygen atoms in total. The highest BCUT2D eigenvalue weighted by atomic mass is 16.7. The van der Waals surface area contributed by atoms with Gasteiger partial charge in [-0.3, -0.25) is 4.79 Å². The van der Waals surface area contributed by atoms with Crippen LogP contribution < -0.4 is 11.1 Å². The molecule has 3 unspecified atom stereocenters. The van der Waals surface area contributed by atoms with Crippen LogP contribution in [0.25, 0.3) is 0 Å². The van der Waals surface area contributed by atoms with E-state index in [2.05, 4.69) is 22.4 Å². The fourth-order valence-electron chi connectivity index (χ4n) is 3.98. The largest absolute Gasteiger partial charge is 0.386 e. The molecule has 1 saturated carbocycles. The minimum atomic E-state index is -1.64. The zero-order chi connectivity index (χ0) is 18.5. The lowest BCUT2D eigenvalue weighted by Crippen LogP contribution is -2.41. The zero-order valence-electron chi connectivity index (χ0n) is 14.0. The number of hydrogen-bond acceptors (Lipinski definition) is 7. The van der Waals surface area contributed by atoms with Crippen molar-refractivity contribution in [2.45, 2.75) is 18.8 Å². The molecule has 0 bridgehead atoms. The maximum Gasteiger partial charge on any atom is 0.292 e. The molecule has 0 spiro atoms. The summed E-state index contributed by atoms with van der Waals surface area (Å²) in [5, 5.41) is 22.4. The number of nitriles is 2. The molecule has 0 aromatic heterocycles. The van der Waals surface area contributed by atoms with Crippen molar-refractivity contribution in [1.82, 2.24) is 0 Å². The Morgan fingerprint density at radius 3 is 2.28 bits per heavy atom. The van der Waals surface area contributed by atoms with E-state index < -0.39 is 22.7 Å². The number of nitrogens with one attached hydrogen (secondary N) is 1. The van der Waals surface area contributed by atoms with E-state index in [1.807, 2.05) is 0 Å². The van der Waals surface area contributed by atoms with Crippen molar-refractivity contribution in [2.24, 2.45) is 21.6 Å². The van der Waals surface area contributed by atoms with E-state index in [-0.39, 0.29) is 11.7 Å². The number of amidine groups is 1. The minimum Gasteiger partial charge on any atom is -0.386 e. The Hall–Kier alpha value is -2.94. The number of carbonyl (C=O) groups is 1. The molecule has 0 radical (unpaired) electrons. The van der Waals surface area contributed by atoms with E-state index in [0.717, 1.165) is 0 Å². The third kappa shape index (κ3) is 1.75. The Morgan fingerprint density at radius 1 is 1.24 bits per heavy atom. The van der Waals surface area contributed by atoms with Gasteiger partial charge in [0.05, 0.1) is 12.1 Å². The van der Waals surface area contributed by atoms with Crippen molar-refractivity contribution < 1.29 is 14.3 Å². The maximum atomic E-state index is 11.1. The first-order valence-electron chi connectivity index (χ1n) is 7.55. The van der Waals surface area contributed by atoms with Crippen LogP contribution in [0.3, 0.4) is 0 Å². The van der Waals surface area contributed by atoms with Gasteiger partial charge >= 0.3 is 0 Å².